The highest BCUT2D eigenvalue weighted by atomic mass is 19.4. The number of alkyl halides is 3. The van der Waals surface area contributed by atoms with Gasteiger partial charge in [0.2, 0.25) is 5.95 Å². The summed E-state index contributed by atoms with van der Waals surface area (Å²) in [5.41, 5.74) is 0.505. The van der Waals surface area contributed by atoms with Crippen LogP contribution >= 0.6 is 0 Å². The van der Waals surface area contributed by atoms with E-state index in [1.807, 2.05) is 0 Å². The molecule has 7 nitrogen and oxygen atoms in total. The number of methoxy groups -OCH3 is 1. The molecule has 1 unspecified atom stereocenters. The molecule has 2 aromatic rings. The van der Waals surface area contributed by atoms with Gasteiger partial charge in [-0.25, -0.2) is 0 Å². The highest BCUT2D eigenvalue weighted by Crippen LogP contribution is 2.25. The van der Waals surface area contributed by atoms with Crippen LogP contribution in [0.5, 0.6) is 17.8 Å². The number of phenols is 1. The number of phenolic OH excluding ortho intramolecular Hbond substituents is 1. The van der Waals surface area contributed by atoms with Crippen molar-refractivity contribution in [3.05, 3.63) is 24.3 Å². The second-order valence-corrected chi connectivity index (χ2v) is 4.40. The average Bonchev–Trinajstić information content (AvgIpc) is 2.48. The Bertz CT molecular complexity index is 665. The van der Waals surface area contributed by atoms with E-state index in [2.05, 4.69) is 25.0 Å². The molecule has 0 saturated carbocycles. The van der Waals surface area contributed by atoms with Gasteiger partial charge in [-0.15, -0.1) is 4.98 Å². The average molecular weight is 330 g/mol. The normalized spacial score (nSPS) is 12.6. The van der Waals surface area contributed by atoms with Gasteiger partial charge in [0.25, 0.3) is 0 Å². The third-order valence-electron chi connectivity index (χ3n) is 2.64. The monoisotopic (exact) mass is 330 g/mol. The van der Waals surface area contributed by atoms with Crippen molar-refractivity contribution in [2.24, 2.45) is 0 Å². The van der Waals surface area contributed by atoms with E-state index in [0.717, 1.165) is 6.92 Å². The highest BCUT2D eigenvalue weighted by Gasteiger charge is 2.38. The Labute approximate surface area is 129 Å². The number of rotatable bonds is 5. The Balaban J connectivity index is 2.23. The molecule has 0 spiro atoms. The summed E-state index contributed by atoms with van der Waals surface area (Å²) in [5, 5.41) is 12.0. The Morgan fingerprint density at radius 3 is 2.26 bits per heavy atom. The van der Waals surface area contributed by atoms with Gasteiger partial charge in [0.15, 0.2) is 6.10 Å². The number of anilines is 2. The molecule has 2 N–H and O–H groups in total. The summed E-state index contributed by atoms with van der Waals surface area (Å²) in [6.45, 7) is 0.837. The van der Waals surface area contributed by atoms with Crippen LogP contribution in [0.1, 0.15) is 6.92 Å². The lowest BCUT2D eigenvalue weighted by Crippen LogP contribution is -2.31. The van der Waals surface area contributed by atoms with Crippen molar-refractivity contribution in [1.82, 2.24) is 15.0 Å². The lowest BCUT2D eigenvalue weighted by molar-refractivity contribution is -0.190. The minimum Gasteiger partial charge on any atom is -0.508 e. The predicted molar refractivity (Wildman–Crippen MR) is 73.9 cm³/mol. The van der Waals surface area contributed by atoms with Crippen LogP contribution in [-0.2, 0) is 0 Å². The van der Waals surface area contributed by atoms with E-state index in [4.69, 9.17) is 4.74 Å². The minimum atomic E-state index is -4.55. The fourth-order valence-electron chi connectivity index (χ4n) is 1.44. The van der Waals surface area contributed by atoms with Gasteiger partial charge in [0, 0.05) is 5.69 Å². The highest BCUT2D eigenvalue weighted by molar-refractivity contribution is 5.54. The maximum absolute atomic E-state index is 12.5. The van der Waals surface area contributed by atoms with Gasteiger partial charge >= 0.3 is 18.2 Å². The molecule has 10 heteroatoms. The summed E-state index contributed by atoms with van der Waals surface area (Å²) in [6.07, 6.45) is -6.64. The Kier molecular flexibility index (Phi) is 4.72. The van der Waals surface area contributed by atoms with Gasteiger partial charge in [0.05, 0.1) is 7.11 Å². The van der Waals surface area contributed by atoms with Crippen LogP contribution < -0.4 is 14.8 Å². The molecule has 1 heterocycles. The molecule has 1 atom stereocenters. The van der Waals surface area contributed by atoms with Crippen LogP contribution in [0.4, 0.5) is 24.8 Å². The zero-order valence-electron chi connectivity index (χ0n) is 12.1. The quantitative estimate of drug-likeness (QED) is 0.815. The number of aromatic nitrogens is 3. The van der Waals surface area contributed by atoms with E-state index in [1.54, 1.807) is 0 Å². The first-order valence-corrected chi connectivity index (χ1v) is 6.37. The maximum Gasteiger partial charge on any atom is 0.425 e. The topological polar surface area (TPSA) is 89.4 Å². The zero-order valence-corrected chi connectivity index (χ0v) is 12.1. The number of nitrogens with one attached hydrogen (secondary N) is 1. The summed E-state index contributed by atoms with van der Waals surface area (Å²) >= 11 is 0. The van der Waals surface area contributed by atoms with Gasteiger partial charge < -0.3 is 19.9 Å². The van der Waals surface area contributed by atoms with Crippen molar-refractivity contribution in [2.45, 2.75) is 19.2 Å². The minimum absolute atomic E-state index is 0.0619. The molecule has 0 aliphatic rings. The molecule has 0 aliphatic heterocycles. The molecule has 0 radical (unpaired) electrons. The largest absolute Gasteiger partial charge is 0.508 e. The third kappa shape index (κ3) is 4.59. The fourth-order valence-corrected chi connectivity index (χ4v) is 1.44. The molecule has 0 bridgehead atoms. The van der Waals surface area contributed by atoms with Gasteiger partial charge in [-0.1, -0.05) is 0 Å². The summed E-state index contributed by atoms with van der Waals surface area (Å²) in [5.74, 6) is -0.00119. The van der Waals surface area contributed by atoms with Crippen molar-refractivity contribution in [2.75, 3.05) is 12.4 Å². The van der Waals surface area contributed by atoms with Crippen molar-refractivity contribution in [1.29, 1.82) is 0 Å². The summed E-state index contributed by atoms with van der Waals surface area (Å²) in [7, 11) is 1.26. The summed E-state index contributed by atoms with van der Waals surface area (Å²) in [4.78, 5) is 11.2. The number of hydrogen-bond donors (Lipinski definition) is 2. The first-order valence-electron chi connectivity index (χ1n) is 6.37. The standard InChI is InChI=1S/C13H13F3N4O3/c1-7(13(14,15)16)23-12-19-10(18-11(20-12)22-2)17-8-3-5-9(21)6-4-8/h3-7,21H,1-2H3,(H,17,18,19,20). The van der Waals surface area contributed by atoms with Gasteiger partial charge in [0.1, 0.15) is 5.75 Å². The fraction of sp³-hybridized carbons (Fsp3) is 0.308. The molecule has 1 aromatic carbocycles. The Morgan fingerprint density at radius 2 is 1.70 bits per heavy atom. The molecule has 1 aromatic heterocycles. The lowest BCUT2D eigenvalue weighted by atomic mass is 10.3. The van der Waals surface area contributed by atoms with E-state index in [9.17, 15) is 18.3 Å². The molecule has 23 heavy (non-hydrogen) atoms. The Hall–Kier alpha value is -2.78. The van der Waals surface area contributed by atoms with E-state index in [1.165, 1.54) is 31.4 Å². The molecule has 2 rings (SSSR count). The number of aromatic hydroxyl groups is 1. The van der Waals surface area contributed by atoms with Crippen molar-refractivity contribution in [3.63, 3.8) is 0 Å². The van der Waals surface area contributed by atoms with Crippen molar-refractivity contribution < 1.29 is 27.8 Å². The molecular weight excluding hydrogens is 317 g/mol. The summed E-state index contributed by atoms with van der Waals surface area (Å²) < 4.78 is 47.1. The summed E-state index contributed by atoms with van der Waals surface area (Å²) in [6, 6.07) is 5.18. The number of halogens is 3. The predicted octanol–water partition coefficient (Wildman–Crippen LogP) is 2.66. The van der Waals surface area contributed by atoms with Crippen LogP contribution in [-0.4, -0.2) is 39.4 Å². The van der Waals surface area contributed by atoms with Crippen LogP contribution in [0.25, 0.3) is 0 Å². The van der Waals surface area contributed by atoms with Crippen molar-refractivity contribution >= 4 is 11.6 Å². The number of benzene rings is 1. The Morgan fingerprint density at radius 1 is 1.09 bits per heavy atom. The first-order chi connectivity index (χ1) is 10.8. The molecule has 124 valence electrons. The van der Waals surface area contributed by atoms with Crippen molar-refractivity contribution in [3.8, 4) is 17.8 Å². The number of ether oxygens (including phenoxy) is 2. The maximum atomic E-state index is 12.5. The van der Waals surface area contributed by atoms with E-state index >= 15 is 0 Å². The second-order valence-electron chi connectivity index (χ2n) is 4.40. The van der Waals surface area contributed by atoms with Gasteiger partial charge in [-0.3, -0.25) is 0 Å². The van der Waals surface area contributed by atoms with E-state index in [0.29, 0.717) is 5.69 Å². The van der Waals surface area contributed by atoms with Crippen LogP contribution in [0, 0.1) is 0 Å². The van der Waals surface area contributed by atoms with Crippen LogP contribution in [0.2, 0.25) is 0 Å². The number of hydrogen-bond acceptors (Lipinski definition) is 7. The SMILES string of the molecule is COc1nc(Nc2ccc(O)cc2)nc(OC(C)C(F)(F)F)n1. The van der Waals surface area contributed by atoms with Crippen LogP contribution in [0.15, 0.2) is 24.3 Å². The smallest absolute Gasteiger partial charge is 0.425 e. The van der Waals surface area contributed by atoms with E-state index < -0.39 is 18.3 Å². The number of nitrogens with zero attached hydrogens (tertiary/aromatic N) is 3. The molecule has 0 amide bonds. The van der Waals surface area contributed by atoms with Gasteiger partial charge in [-0.05, 0) is 31.2 Å². The molecule has 0 aliphatic carbocycles. The molecular formula is C13H13F3N4O3. The first kappa shape index (κ1) is 16.6. The molecule has 0 fully saturated rings. The lowest BCUT2D eigenvalue weighted by Gasteiger charge is -2.16. The van der Waals surface area contributed by atoms with Crippen LogP contribution in [0.3, 0.4) is 0 Å². The van der Waals surface area contributed by atoms with E-state index in [-0.39, 0.29) is 17.7 Å². The second kappa shape index (κ2) is 6.55. The van der Waals surface area contributed by atoms with Gasteiger partial charge in [-0.2, -0.15) is 23.1 Å². The zero-order chi connectivity index (χ0) is 17.0. The third-order valence-corrected chi connectivity index (χ3v) is 2.64. The molecule has 0 saturated heterocycles.